The van der Waals surface area contributed by atoms with E-state index in [9.17, 15) is 0 Å². The van der Waals surface area contributed by atoms with Gasteiger partial charge in [-0.2, -0.15) is 5.10 Å². The van der Waals surface area contributed by atoms with Crippen LogP contribution in [0.1, 0.15) is 51.4 Å². The third-order valence-electron chi connectivity index (χ3n) is 4.04. The highest BCUT2D eigenvalue weighted by Gasteiger charge is 2.30. The van der Waals surface area contributed by atoms with Crippen molar-refractivity contribution in [3.8, 4) is 0 Å². The molecular formula is C15H26BrN3. The van der Waals surface area contributed by atoms with Gasteiger partial charge in [-0.3, -0.25) is 4.68 Å². The van der Waals surface area contributed by atoms with Gasteiger partial charge in [-0.1, -0.05) is 13.8 Å². The normalized spacial score (nSPS) is 16.8. The maximum absolute atomic E-state index is 4.68. The van der Waals surface area contributed by atoms with Crippen molar-refractivity contribution < 1.29 is 0 Å². The smallest absolute Gasteiger partial charge is 0.0766 e. The van der Waals surface area contributed by atoms with Gasteiger partial charge in [-0.05, 0) is 67.4 Å². The molecule has 0 saturated heterocycles. The van der Waals surface area contributed by atoms with Crippen LogP contribution in [0, 0.1) is 5.92 Å². The molecule has 0 amide bonds. The summed E-state index contributed by atoms with van der Waals surface area (Å²) in [6, 6.07) is 0.696. The van der Waals surface area contributed by atoms with Gasteiger partial charge in [0.15, 0.2) is 0 Å². The largest absolute Gasteiger partial charge is 0.314 e. The highest BCUT2D eigenvalue weighted by molar-refractivity contribution is 9.10. The van der Waals surface area contributed by atoms with Crippen LogP contribution in [0.4, 0.5) is 0 Å². The van der Waals surface area contributed by atoms with E-state index in [1.165, 1.54) is 35.1 Å². The minimum atomic E-state index is 0.696. The first kappa shape index (κ1) is 15.0. The van der Waals surface area contributed by atoms with E-state index >= 15 is 0 Å². The Balaban J connectivity index is 2.03. The lowest BCUT2D eigenvalue weighted by Crippen LogP contribution is -2.31. The molecule has 1 N–H and O–H groups in total. The van der Waals surface area contributed by atoms with Gasteiger partial charge >= 0.3 is 0 Å². The fourth-order valence-corrected chi connectivity index (χ4v) is 3.58. The average molecular weight is 328 g/mol. The fourth-order valence-electron chi connectivity index (χ4n) is 2.81. The number of nitrogens with zero attached hydrogens (tertiary/aromatic N) is 2. The molecule has 0 radical (unpaired) electrons. The minimum absolute atomic E-state index is 0.696. The van der Waals surface area contributed by atoms with E-state index < -0.39 is 0 Å². The Kier molecular flexibility index (Phi) is 5.46. The summed E-state index contributed by atoms with van der Waals surface area (Å²) in [7, 11) is 0. The lowest BCUT2D eigenvalue weighted by atomic mass is 10.0. The zero-order chi connectivity index (χ0) is 13.8. The van der Waals surface area contributed by atoms with E-state index in [2.05, 4.69) is 51.8 Å². The van der Waals surface area contributed by atoms with Crippen molar-refractivity contribution in [2.75, 3.05) is 6.54 Å². The molecule has 1 aromatic rings. The van der Waals surface area contributed by atoms with Crippen molar-refractivity contribution in [1.29, 1.82) is 0 Å². The van der Waals surface area contributed by atoms with Crippen molar-refractivity contribution in [2.24, 2.45) is 5.92 Å². The molecule has 3 nitrogen and oxygen atoms in total. The molecule has 1 atom stereocenters. The van der Waals surface area contributed by atoms with Crippen LogP contribution in [0.3, 0.4) is 0 Å². The van der Waals surface area contributed by atoms with Crippen molar-refractivity contribution >= 4 is 15.9 Å². The van der Waals surface area contributed by atoms with Crippen LogP contribution in [0.15, 0.2) is 4.47 Å². The summed E-state index contributed by atoms with van der Waals surface area (Å²) in [5.74, 6) is 0.919. The molecule has 1 fully saturated rings. The van der Waals surface area contributed by atoms with Crippen LogP contribution < -0.4 is 5.32 Å². The summed E-state index contributed by atoms with van der Waals surface area (Å²) in [6.45, 7) is 8.59. The monoisotopic (exact) mass is 327 g/mol. The molecule has 2 rings (SSSR count). The highest BCUT2D eigenvalue weighted by atomic mass is 79.9. The summed E-state index contributed by atoms with van der Waals surface area (Å²) < 4.78 is 3.40. The van der Waals surface area contributed by atoms with E-state index in [0.717, 1.165) is 31.8 Å². The number of aromatic nitrogens is 2. The molecule has 1 aliphatic rings. The van der Waals surface area contributed by atoms with Crippen LogP contribution in [0.2, 0.25) is 0 Å². The van der Waals surface area contributed by atoms with Crippen LogP contribution in [0.5, 0.6) is 0 Å². The predicted molar refractivity (Wildman–Crippen MR) is 83.5 cm³/mol. The van der Waals surface area contributed by atoms with E-state index in [1.807, 2.05) is 0 Å². The number of nitrogens with one attached hydrogen (secondary N) is 1. The summed E-state index contributed by atoms with van der Waals surface area (Å²) in [5.41, 5.74) is 2.58. The second-order valence-electron chi connectivity index (χ2n) is 5.42. The van der Waals surface area contributed by atoms with Gasteiger partial charge in [-0.15, -0.1) is 0 Å². The Morgan fingerprint density at radius 3 is 2.63 bits per heavy atom. The van der Waals surface area contributed by atoms with E-state index in [-0.39, 0.29) is 0 Å². The molecule has 1 aromatic heterocycles. The SMILES string of the molecule is CCNC(CCc1c(Br)c(CC)nn1CC)C1CC1. The van der Waals surface area contributed by atoms with Gasteiger partial charge in [0.25, 0.3) is 0 Å². The molecule has 1 unspecified atom stereocenters. The van der Waals surface area contributed by atoms with Crippen molar-refractivity contribution in [3.05, 3.63) is 15.9 Å². The molecule has 1 aliphatic carbocycles. The minimum Gasteiger partial charge on any atom is -0.314 e. The molecule has 0 spiro atoms. The first-order valence-electron chi connectivity index (χ1n) is 7.68. The lowest BCUT2D eigenvalue weighted by molar-refractivity contribution is 0.438. The molecule has 108 valence electrons. The van der Waals surface area contributed by atoms with E-state index in [0.29, 0.717) is 6.04 Å². The second kappa shape index (κ2) is 6.89. The zero-order valence-electron chi connectivity index (χ0n) is 12.4. The summed E-state index contributed by atoms with van der Waals surface area (Å²) in [5, 5.41) is 8.33. The topological polar surface area (TPSA) is 29.9 Å². The Labute approximate surface area is 125 Å². The standard InChI is InChI=1S/C15H26BrN3/c1-4-12-15(16)14(19(6-3)18-12)10-9-13(17-5-2)11-7-8-11/h11,13,17H,4-10H2,1-3H3. The zero-order valence-corrected chi connectivity index (χ0v) is 14.0. The highest BCUT2D eigenvalue weighted by Crippen LogP contribution is 2.35. The van der Waals surface area contributed by atoms with E-state index in [4.69, 9.17) is 0 Å². The van der Waals surface area contributed by atoms with Gasteiger partial charge in [0.2, 0.25) is 0 Å². The third kappa shape index (κ3) is 3.60. The number of hydrogen-bond acceptors (Lipinski definition) is 2. The Morgan fingerprint density at radius 2 is 2.11 bits per heavy atom. The maximum atomic E-state index is 4.68. The maximum Gasteiger partial charge on any atom is 0.0766 e. The molecular weight excluding hydrogens is 302 g/mol. The van der Waals surface area contributed by atoms with Crippen LogP contribution in [0.25, 0.3) is 0 Å². The summed E-state index contributed by atoms with van der Waals surface area (Å²) in [4.78, 5) is 0. The summed E-state index contributed by atoms with van der Waals surface area (Å²) in [6.07, 6.45) is 6.17. The van der Waals surface area contributed by atoms with E-state index in [1.54, 1.807) is 0 Å². The Hall–Kier alpha value is -0.350. The first-order valence-corrected chi connectivity index (χ1v) is 8.47. The Morgan fingerprint density at radius 1 is 1.37 bits per heavy atom. The number of rotatable bonds is 8. The average Bonchev–Trinajstić information content (AvgIpc) is 3.20. The molecule has 0 aliphatic heterocycles. The molecule has 4 heteroatoms. The third-order valence-corrected chi connectivity index (χ3v) is 4.96. The molecule has 0 bridgehead atoms. The number of hydrogen-bond donors (Lipinski definition) is 1. The molecule has 1 saturated carbocycles. The van der Waals surface area contributed by atoms with Gasteiger partial charge in [0, 0.05) is 12.6 Å². The van der Waals surface area contributed by atoms with Crippen LogP contribution >= 0.6 is 15.9 Å². The second-order valence-corrected chi connectivity index (χ2v) is 6.21. The lowest BCUT2D eigenvalue weighted by Gasteiger charge is -2.17. The first-order chi connectivity index (χ1) is 9.21. The molecule has 19 heavy (non-hydrogen) atoms. The van der Waals surface area contributed by atoms with Gasteiger partial charge in [0.1, 0.15) is 0 Å². The van der Waals surface area contributed by atoms with Crippen molar-refractivity contribution in [1.82, 2.24) is 15.1 Å². The van der Waals surface area contributed by atoms with Gasteiger partial charge in [0.05, 0.1) is 15.9 Å². The molecule has 1 heterocycles. The quantitative estimate of drug-likeness (QED) is 0.791. The Bertz CT molecular complexity index is 410. The fraction of sp³-hybridized carbons (Fsp3) is 0.800. The van der Waals surface area contributed by atoms with Crippen LogP contribution in [-0.2, 0) is 19.4 Å². The van der Waals surface area contributed by atoms with Crippen LogP contribution in [-0.4, -0.2) is 22.4 Å². The van der Waals surface area contributed by atoms with Crippen molar-refractivity contribution in [2.45, 2.75) is 65.5 Å². The summed E-state index contributed by atoms with van der Waals surface area (Å²) >= 11 is 3.74. The van der Waals surface area contributed by atoms with Gasteiger partial charge in [-0.25, -0.2) is 0 Å². The van der Waals surface area contributed by atoms with Gasteiger partial charge < -0.3 is 5.32 Å². The number of halogens is 1. The molecule has 0 aromatic carbocycles. The number of aryl methyl sites for hydroxylation is 2. The van der Waals surface area contributed by atoms with Crippen molar-refractivity contribution in [3.63, 3.8) is 0 Å². The predicted octanol–water partition coefficient (Wildman–Crippen LogP) is 3.55.